The Morgan fingerprint density at radius 3 is 2.81 bits per heavy atom. The number of aromatic nitrogens is 1. The molecule has 3 N–H and O–H groups in total. The number of hydrogen-bond donors (Lipinski definition) is 2. The Balaban J connectivity index is 1.52. The topological polar surface area (TPSA) is 80.5 Å². The molecule has 0 saturated carbocycles. The van der Waals surface area contributed by atoms with E-state index >= 15 is 0 Å². The van der Waals surface area contributed by atoms with Crippen LogP contribution in [0, 0.1) is 0 Å². The smallest absolute Gasteiger partial charge is 0.248 e. The molecule has 0 unspecified atom stereocenters. The predicted molar refractivity (Wildman–Crippen MR) is 107 cm³/mol. The Morgan fingerprint density at radius 1 is 1.33 bits per heavy atom. The summed E-state index contributed by atoms with van der Waals surface area (Å²) in [5.41, 5.74) is 7.00. The molecule has 1 aromatic heterocycles. The third-order valence-electron chi connectivity index (χ3n) is 4.69. The van der Waals surface area contributed by atoms with Crippen LogP contribution in [0.5, 0.6) is 5.75 Å². The number of pyridine rings is 1. The molecule has 1 aromatic carbocycles. The molecular formula is C20H25ClN4O2. The van der Waals surface area contributed by atoms with Gasteiger partial charge in [0.05, 0.1) is 11.6 Å². The van der Waals surface area contributed by atoms with Crippen molar-refractivity contribution in [2.75, 3.05) is 25.0 Å². The van der Waals surface area contributed by atoms with E-state index in [-0.39, 0.29) is 0 Å². The fraction of sp³-hybridized carbons (Fsp3) is 0.400. The summed E-state index contributed by atoms with van der Waals surface area (Å²) in [6.07, 6.45) is 3.62. The average Bonchev–Trinajstić information content (AvgIpc) is 2.66. The highest BCUT2D eigenvalue weighted by atomic mass is 35.5. The average molecular weight is 389 g/mol. The molecule has 0 bridgehead atoms. The van der Waals surface area contributed by atoms with Crippen LogP contribution < -0.4 is 15.8 Å². The SMILES string of the molecule is CCOc1cc(CN2CCC(Nc3cc(C(N)=O)ccn3)CC2)ccc1Cl. The number of likely N-dealkylation sites (tertiary alicyclic amines) is 1. The number of benzene rings is 1. The van der Waals surface area contributed by atoms with Gasteiger partial charge in [-0.3, -0.25) is 9.69 Å². The van der Waals surface area contributed by atoms with Crippen LogP contribution in [0.25, 0.3) is 0 Å². The summed E-state index contributed by atoms with van der Waals surface area (Å²) < 4.78 is 5.58. The second-order valence-corrected chi connectivity index (χ2v) is 7.09. The van der Waals surface area contributed by atoms with Gasteiger partial charge >= 0.3 is 0 Å². The number of carbonyl (C=O) groups excluding carboxylic acids is 1. The van der Waals surface area contributed by atoms with E-state index in [2.05, 4.69) is 21.3 Å². The normalized spacial score (nSPS) is 15.5. The van der Waals surface area contributed by atoms with E-state index in [1.165, 1.54) is 5.56 Å². The minimum absolute atomic E-state index is 0.334. The van der Waals surface area contributed by atoms with Gasteiger partial charge in [0.15, 0.2) is 0 Å². The fourth-order valence-electron chi connectivity index (χ4n) is 3.28. The quantitative estimate of drug-likeness (QED) is 0.760. The monoisotopic (exact) mass is 388 g/mol. The zero-order chi connectivity index (χ0) is 19.2. The third kappa shape index (κ3) is 5.34. The van der Waals surface area contributed by atoms with Crippen LogP contribution in [0.1, 0.15) is 35.7 Å². The highest BCUT2D eigenvalue weighted by Crippen LogP contribution is 2.27. The van der Waals surface area contributed by atoms with Crippen LogP contribution >= 0.6 is 11.6 Å². The molecule has 27 heavy (non-hydrogen) atoms. The summed E-state index contributed by atoms with van der Waals surface area (Å²) in [4.78, 5) is 18.0. The van der Waals surface area contributed by atoms with Crippen molar-refractivity contribution < 1.29 is 9.53 Å². The zero-order valence-corrected chi connectivity index (χ0v) is 16.2. The number of nitrogens with two attached hydrogens (primary N) is 1. The van der Waals surface area contributed by atoms with E-state index in [9.17, 15) is 4.79 Å². The van der Waals surface area contributed by atoms with Crippen molar-refractivity contribution in [3.63, 3.8) is 0 Å². The van der Waals surface area contributed by atoms with E-state index in [1.807, 2.05) is 19.1 Å². The second-order valence-electron chi connectivity index (χ2n) is 6.69. The number of hydrogen-bond acceptors (Lipinski definition) is 5. The van der Waals surface area contributed by atoms with Crippen LogP contribution in [0.15, 0.2) is 36.5 Å². The molecule has 1 aliphatic rings. The van der Waals surface area contributed by atoms with E-state index in [4.69, 9.17) is 22.1 Å². The molecular weight excluding hydrogens is 364 g/mol. The largest absolute Gasteiger partial charge is 0.492 e. The molecule has 2 heterocycles. The summed E-state index contributed by atoms with van der Waals surface area (Å²) in [6, 6.07) is 9.63. The van der Waals surface area contributed by atoms with Gasteiger partial charge in [0.2, 0.25) is 5.91 Å². The van der Waals surface area contributed by atoms with Crippen LogP contribution in [0.3, 0.4) is 0 Å². The minimum Gasteiger partial charge on any atom is -0.492 e. The molecule has 1 saturated heterocycles. The zero-order valence-electron chi connectivity index (χ0n) is 15.5. The Hall–Kier alpha value is -2.31. The molecule has 1 aliphatic heterocycles. The standard InChI is InChI=1S/C20H25ClN4O2/c1-2-27-18-11-14(3-4-17(18)21)13-25-9-6-16(7-10-25)24-19-12-15(20(22)26)5-8-23-19/h3-5,8,11-12,16H,2,6-7,9-10,13H2,1H3,(H2,22,26)(H,23,24). The number of rotatable bonds is 7. The lowest BCUT2D eigenvalue weighted by atomic mass is 10.0. The Bertz CT molecular complexity index is 791. The molecule has 3 rings (SSSR count). The highest BCUT2D eigenvalue weighted by molar-refractivity contribution is 6.32. The van der Waals surface area contributed by atoms with Crippen molar-refractivity contribution in [1.82, 2.24) is 9.88 Å². The summed E-state index contributed by atoms with van der Waals surface area (Å²) in [5.74, 6) is 1.00. The number of ether oxygens (including phenoxy) is 1. The van der Waals surface area contributed by atoms with Crippen LogP contribution in [-0.4, -0.2) is 41.5 Å². The molecule has 1 amide bonds. The fourth-order valence-corrected chi connectivity index (χ4v) is 3.45. The summed E-state index contributed by atoms with van der Waals surface area (Å²) >= 11 is 6.16. The Kier molecular flexibility index (Phi) is 6.53. The van der Waals surface area contributed by atoms with Gasteiger partial charge in [0.1, 0.15) is 11.6 Å². The van der Waals surface area contributed by atoms with Crippen LogP contribution in [-0.2, 0) is 6.54 Å². The number of primary amides is 1. The molecule has 0 spiro atoms. The third-order valence-corrected chi connectivity index (χ3v) is 5.00. The number of piperidine rings is 1. The first-order chi connectivity index (χ1) is 13.0. The van der Waals surface area contributed by atoms with Gasteiger partial charge in [-0.25, -0.2) is 4.98 Å². The van der Waals surface area contributed by atoms with Crippen molar-refractivity contribution in [3.05, 3.63) is 52.7 Å². The second kappa shape index (κ2) is 9.06. The maximum absolute atomic E-state index is 11.3. The highest BCUT2D eigenvalue weighted by Gasteiger charge is 2.20. The maximum atomic E-state index is 11.3. The van der Waals surface area contributed by atoms with Gasteiger partial charge < -0.3 is 15.8 Å². The van der Waals surface area contributed by atoms with Gasteiger partial charge in [-0.1, -0.05) is 17.7 Å². The van der Waals surface area contributed by atoms with Crippen molar-refractivity contribution in [2.45, 2.75) is 32.4 Å². The van der Waals surface area contributed by atoms with Crippen molar-refractivity contribution >= 4 is 23.3 Å². The minimum atomic E-state index is -0.440. The number of amides is 1. The molecule has 2 aromatic rings. The Labute approximate surface area is 164 Å². The Morgan fingerprint density at radius 2 is 2.11 bits per heavy atom. The summed E-state index contributed by atoms with van der Waals surface area (Å²) in [5, 5.41) is 4.06. The first kappa shape index (κ1) is 19.5. The van der Waals surface area contributed by atoms with Crippen molar-refractivity contribution in [3.8, 4) is 5.75 Å². The van der Waals surface area contributed by atoms with Gasteiger partial charge in [0, 0.05) is 37.4 Å². The summed E-state index contributed by atoms with van der Waals surface area (Å²) in [7, 11) is 0. The number of carbonyl (C=O) groups is 1. The van der Waals surface area contributed by atoms with E-state index in [0.717, 1.165) is 38.2 Å². The van der Waals surface area contributed by atoms with Crippen LogP contribution in [0.4, 0.5) is 5.82 Å². The number of nitrogens with zero attached hydrogens (tertiary/aromatic N) is 2. The van der Waals surface area contributed by atoms with Gasteiger partial charge in [-0.2, -0.15) is 0 Å². The van der Waals surface area contributed by atoms with E-state index in [0.29, 0.717) is 29.1 Å². The molecule has 7 heteroatoms. The first-order valence-electron chi connectivity index (χ1n) is 9.21. The number of nitrogens with one attached hydrogen (secondary N) is 1. The predicted octanol–water partition coefficient (Wildman–Crippen LogP) is 3.31. The van der Waals surface area contributed by atoms with Gasteiger partial charge in [-0.15, -0.1) is 0 Å². The molecule has 144 valence electrons. The lowest BCUT2D eigenvalue weighted by Gasteiger charge is -2.32. The molecule has 0 aliphatic carbocycles. The lowest BCUT2D eigenvalue weighted by molar-refractivity contribution is 0.1000. The van der Waals surface area contributed by atoms with E-state index in [1.54, 1.807) is 18.3 Å². The lowest BCUT2D eigenvalue weighted by Crippen LogP contribution is -2.38. The first-order valence-corrected chi connectivity index (χ1v) is 9.59. The number of anilines is 1. The van der Waals surface area contributed by atoms with Gasteiger partial charge in [-0.05, 0) is 49.6 Å². The summed E-state index contributed by atoms with van der Waals surface area (Å²) in [6.45, 7) is 5.40. The van der Waals surface area contributed by atoms with Gasteiger partial charge in [0.25, 0.3) is 0 Å². The molecule has 1 fully saturated rings. The molecule has 0 atom stereocenters. The maximum Gasteiger partial charge on any atom is 0.248 e. The van der Waals surface area contributed by atoms with Crippen molar-refractivity contribution in [1.29, 1.82) is 0 Å². The molecule has 6 nitrogen and oxygen atoms in total. The van der Waals surface area contributed by atoms with Crippen molar-refractivity contribution in [2.24, 2.45) is 5.73 Å². The number of halogens is 1. The van der Waals surface area contributed by atoms with Crippen LogP contribution in [0.2, 0.25) is 5.02 Å². The molecule has 0 radical (unpaired) electrons. The van der Waals surface area contributed by atoms with E-state index < -0.39 is 5.91 Å².